The van der Waals surface area contributed by atoms with Gasteiger partial charge in [0.05, 0.1) is 18.4 Å². The predicted octanol–water partition coefficient (Wildman–Crippen LogP) is 3.26. The van der Waals surface area contributed by atoms with Gasteiger partial charge in [-0.1, -0.05) is 24.3 Å². The average molecular weight is 291 g/mol. The Morgan fingerprint density at radius 3 is 2.36 bits per heavy atom. The molecule has 1 heterocycles. The van der Waals surface area contributed by atoms with Crippen molar-refractivity contribution in [3.8, 4) is 5.75 Å². The minimum atomic E-state index is -0.139. The molecule has 0 radical (unpaired) electrons. The topological polar surface area (TPSA) is 59.2 Å². The zero-order chi connectivity index (χ0) is 15.4. The first-order valence-corrected chi connectivity index (χ1v) is 7.00. The van der Waals surface area contributed by atoms with Crippen molar-refractivity contribution in [1.82, 2.24) is 4.98 Å². The van der Waals surface area contributed by atoms with Gasteiger partial charge in [-0.2, -0.15) is 0 Å². The Bertz CT molecular complexity index is 966. The number of aromatic nitrogens is 1. The van der Waals surface area contributed by atoms with Crippen molar-refractivity contribution in [2.75, 3.05) is 7.11 Å². The number of aryl methyl sites for hydroxylation is 1. The Morgan fingerprint density at radius 1 is 1.00 bits per heavy atom. The number of aromatic amines is 1. The number of methoxy groups -OCH3 is 1. The number of ketones is 2. The Labute approximate surface area is 126 Å². The maximum atomic E-state index is 12.8. The lowest BCUT2D eigenvalue weighted by Crippen LogP contribution is -2.20. The third kappa shape index (κ3) is 1.52. The molecule has 0 spiro atoms. The third-order valence-electron chi connectivity index (χ3n) is 4.18. The van der Waals surface area contributed by atoms with Crippen LogP contribution in [0.25, 0.3) is 10.9 Å². The van der Waals surface area contributed by atoms with E-state index in [4.69, 9.17) is 4.74 Å². The van der Waals surface area contributed by atoms with Gasteiger partial charge in [-0.3, -0.25) is 9.59 Å². The monoisotopic (exact) mass is 291 g/mol. The van der Waals surface area contributed by atoms with Crippen molar-refractivity contribution >= 4 is 22.5 Å². The van der Waals surface area contributed by atoms with Gasteiger partial charge < -0.3 is 9.72 Å². The van der Waals surface area contributed by atoms with Gasteiger partial charge in [0.2, 0.25) is 5.78 Å². The molecule has 0 aliphatic heterocycles. The molecule has 4 heteroatoms. The van der Waals surface area contributed by atoms with Crippen LogP contribution in [-0.4, -0.2) is 23.7 Å². The number of hydrogen-bond acceptors (Lipinski definition) is 3. The van der Waals surface area contributed by atoms with Gasteiger partial charge in [0, 0.05) is 22.0 Å². The van der Waals surface area contributed by atoms with Crippen LogP contribution in [0.15, 0.2) is 36.4 Å². The Morgan fingerprint density at radius 2 is 1.68 bits per heavy atom. The Kier molecular flexibility index (Phi) is 2.51. The Hall–Kier alpha value is -2.88. The number of hydrogen-bond donors (Lipinski definition) is 1. The number of fused-ring (bicyclic) bond motifs is 4. The molecule has 4 nitrogen and oxygen atoms in total. The molecule has 0 fully saturated rings. The summed E-state index contributed by atoms with van der Waals surface area (Å²) in [7, 11) is 1.59. The van der Waals surface area contributed by atoms with E-state index in [0.29, 0.717) is 28.1 Å². The summed E-state index contributed by atoms with van der Waals surface area (Å²) in [5.41, 5.74) is 3.47. The molecule has 108 valence electrons. The van der Waals surface area contributed by atoms with Crippen molar-refractivity contribution < 1.29 is 14.3 Å². The molecule has 0 saturated heterocycles. The lowest BCUT2D eigenvalue weighted by Gasteiger charge is -2.13. The van der Waals surface area contributed by atoms with E-state index in [2.05, 4.69) is 4.98 Å². The lowest BCUT2D eigenvalue weighted by atomic mass is 9.87. The first-order chi connectivity index (χ1) is 10.6. The van der Waals surface area contributed by atoms with Crippen LogP contribution in [-0.2, 0) is 0 Å². The van der Waals surface area contributed by atoms with Crippen molar-refractivity contribution in [3.63, 3.8) is 0 Å². The van der Waals surface area contributed by atoms with Crippen LogP contribution in [0.4, 0.5) is 0 Å². The SMILES string of the molecule is COc1cc(C)c2[nH]c3c(c2c1)C(=O)c1ccccc1C3=O. The first-order valence-electron chi connectivity index (χ1n) is 7.00. The first kappa shape index (κ1) is 12.8. The molecular formula is C18H13NO3. The second kappa shape index (κ2) is 4.31. The molecule has 0 amide bonds. The summed E-state index contributed by atoms with van der Waals surface area (Å²) in [6.07, 6.45) is 0. The summed E-state index contributed by atoms with van der Waals surface area (Å²) >= 11 is 0. The lowest BCUT2D eigenvalue weighted by molar-refractivity contribution is 0.0978. The zero-order valence-electron chi connectivity index (χ0n) is 12.2. The quantitative estimate of drug-likeness (QED) is 0.585. The van der Waals surface area contributed by atoms with E-state index in [9.17, 15) is 9.59 Å². The van der Waals surface area contributed by atoms with Gasteiger partial charge in [-0.05, 0) is 24.6 Å². The van der Waals surface area contributed by atoms with E-state index >= 15 is 0 Å². The fourth-order valence-corrected chi connectivity index (χ4v) is 3.11. The molecule has 2 aromatic carbocycles. The summed E-state index contributed by atoms with van der Waals surface area (Å²) in [4.78, 5) is 28.6. The number of rotatable bonds is 1. The fraction of sp³-hybridized carbons (Fsp3) is 0.111. The highest BCUT2D eigenvalue weighted by Crippen LogP contribution is 2.35. The minimum Gasteiger partial charge on any atom is -0.497 e. The summed E-state index contributed by atoms with van der Waals surface area (Å²) in [6, 6.07) is 10.6. The second-order valence-electron chi connectivity index (χ2n) is 5.45. The molecule has 1 aliphatic carbocycles. The van der Waals surface area contributed by atoms with Crippen LogP contribution >= 0.6 is 0 Å². The molecule has 0 atom stereocenters. The summed E-state index contributed by atoms with van der Waals surface area (Å²) in [6.45, 7) is 1.93. The van der Waals surface area contributed by atoms with Gasteiger partial charge in [0.1, 0.15) is 5.75 Å². The van der Waals surface area contributed by atoms with Crippen molar-refractivity contribution in [2.45, 2.75) is 6.92 Å². The second-order valence-corrected chi connectivity index (χ2v) is 5.45. The van der Waals surface area contributed by atoms with Crippen LogP contribution in [0.5, 0.6) is 5.75 Å². The summed E-state index contributed by atoms with van der Waals surface area (Å²) < 4.78 is 5.28. The standard InChI is InChI=1S/C18H13NO3/c1-9-7-10(22-2)8-13-14-16(19-15(9)13)18(21)12-6-4-3-5-11(12)17(14)20/h3-8,19H,1-2H3. The number of H-pyrrole nitrogens is 1. The van der Waals surface area contributed by atoms with E-state index in [1.165, 1.54) is 0 Å². The van der Waals surface area contributed by atoms with Gasteiger partial charge in [0.25, 0.3) is 0 Å². The normalized spacial score (nSPS) is 13.2. The fourth-order valence-electron chi connectivity index (χ4n) is 3.11. The van der Waals surface area contributed by atoms with Crippen LogP contribution in [0.2, 0.25) is 0 Å². The molecule has 1 aromatic heterocycles. The maximum Gasteiger partial charge on any atom is 0.210 e. The summed E-state index contributed by atoms with van der Waals surface area (Å²) in [5.74, 6) is 0.412. The molecule has 1 aliphatic rings. The number of carbonyl (C=O) groups is 2. The number of benzene rings is 2. The molecule has 3 aromatic rings. The van der Waals surface area contributed by atoms with Crippen LogP contribution in [0.3, 0.4) is 0 Å². The zero-order valence-corrected chi connectivity index (χ0v) is 12.2. The highest BCUT2D eigenvalue weighted by molar-refractivity contribution is 6.32. The average Bonchev–Trinajstić information content (AvgIpc) is 2.93. The third-order valence-corrected chi connectivity index (χ3v) is 4.18. The van der Waals surface area contributed by atoms with E-state index in [1.807, 2.05) is 13.0 Å². The van der Waals surface area contributed by atoms with Crippen LogP contribution < -0.4 is 4.74 Å². The number of nitrogens with one attached hydrogen (secondary N) is 1. The van der Waals surface area contributed by atoms with Gasteiger partial charge in [0.15, 0.2) is 5.78 Å². The smallest absolute Gasteiger partial charge is 0.210 e. The number of ether oxygens (including phenoxy) is 1. The highest BCUT2D eigenvalue weighted by Gasteiger charge is 2.33. The van der Waals surface area contributed by atoms with Crippen LogP contribution in [0.1, 0.15) is 37.5 Å². The molecule has 0 bridgehead atoms. The van der Waals surface area contributed by atoms with E-state index in [1.54, 1.807) is 37.4 Å². The predicted molar refractivity (Wildman–Crippen MR) is 82.9 cm³/mol. The van der Waals surface area contributed by atoms with E-state index in [-0.39, 0.29) is 11.6 Å². The Balaban J connectivity index is 2.10. The van der Waals surface area contributed by atoms with Gasteiger partial charge >= 0.3 is 0 Å². The molecule has 4 rings (SSSR count). The van der Waals surface area contributed by atoms with Crippen LogP contribution in [0, 0.1) is 6.92 Å². The van der Waals surface area contributed by atoms with E-state index in [0.717, 1.165) is 16.5 Å². The summed E-state index contributed by atoms with van der Waals surface area (Å²) in [5, 5.41) is 0.736. The maximum absolute atomic E-state index is 12.8. The highest BCUT2D eigenvalue weighted by atomic mass is 16.5. The van der Waals surface area contributed by atoms with Gasteiger partial charge in [-0.25, -0.2) is 0 Å². The van der Waals surface area contributed by atoms with E-state index < -0.39 is 0 Å². The van der Waals surface area contributed by atoms with Crippen molar-refractivity contribution in [3.05, 3.63) is 64.3 Å². The molecular weight excluding hydrogens is 278 g/mol. The van der Waals surface area contributed by atoms with Crippen molar-refractivity contribution in [1.29, 1.82) is 0 Å². The molecule has 22 heavy (non-hydrogen) atoms. The molecule has 0 unspecified atom stereocenters. The minimum absolute atomic E-state index is 0.121. The van der Waals surface area contributed by atoms with Gasteiger partial charge in [-0.15, -0.1) is 0 Å². The molecule has 1 N–H and O–H groups in total. The molecule has 0 saturated carbocycles. The largest absolute Gasteiger partial charge is 0.497 e. The number of carbonyl (C=O) groups excluding carboxylic acids is 2. The van der Waals surface area contributed by atoms with Crippen molar-refractivity contribution in [2.24, 2.45) is 0 Å².